The van der Waals surface area contributed by atoms with Crippen LogP contribution in [0.2, 0.25) is 0 Å². The number of nitrogens with one attached hydrogen (secondary N) is 2. The van der Waals surface area contributed by atoms with Crippen molar-refractivity contribution < 1.29 is 8.42 Å². The third-order valence-electron chi connectivity index (χ3n) is 4.17. The Bertz CT molecular complexity index is 637. The fourth-order valence-corrected chi connectivity index (χ4v) is 4.84. The Kier molecular flexibility index (Phi) is 4.41. The smallest absolute Gasteiger partial charge is 0.241 e. The molecule has 116 valence electrons. The first-order chi connectivity index (χ1) is 9.95. The Labute approximate surface area is 134 Å². The third kappa shape index (κ3) is 3.67. The summed E-state index contributed by atoms with van der Waals surface area (Å²) < 4.78 is 28.6. The second-order valence-electron chi connectivity index (χ2n) is 6.13. The fraction of sp³-hybridized carbons (Fsp3) is 0.600. The van der Waals surface area contributed by atoms with Gasteiger partial charge in [-0.3, -0.25) is 0 Å². The molecule has 0 aromatic heterocycles. The van der Waals surface area contributed by atoms with Crippen molar-refractivity contribution >= 4 is 26.0 Å². The van der Waals surface area contributed by atoms with Gasteiger partial charge in [0.05, 0.1) is 4.90 Å². The molecule has 21 heavy (non-hydrogen) atoms. The van der Waals surface area contributed by atoms with E-state index in [1.54, 1.807) is 6.07 Å². The molecule has 2 N–H and O–H groups in total. The highest BCUT2D eigenvalue weighted by Crippen LogP contribution is 2.29. The van der Waals surface area contributed by atoms with Crippen LogP contribution in [0.4, 0.5) is 0 Å². The molecule has 0 atom stereocenters. The van der Waals surface area contributed by atoms with Gasteiger partial charge in [0, 0.05) is 23.1 Å². The highest BCUT2D eigenvalue weighted by molar-refractivity contribution is 9.10. The molecule has 2 aliphatic rings. The van der Waals surface area contributed by atoms with E-state index in [4.69, 9.17) is 0 Å². The number of rotatable bonds is 6. The van der Waals surface area contributed by atoms with Crippen LogP contribution in [0.3, 0.4) is 0 Å². The van der Waals surface area contributed by atoms with Crippen LogP contribution in [0, 0.1) is 6.92 Å². The molecule has 1 aromatic carbocycles. The summed E-state index contributed by atoms with van der Waals surface area (Å²) in [4.78, 5) is 0.363. The molecule has 6 heteroatoms. The normalized spacial score (nSPS) is 19.5. The van der Waals surface area contributed by atoms with Crippen LogP contribution in [0.15, 0.2) is 21.5 Å². The minimum absolute atomic E-state index is 0.107. The number of benzene rings is 1. The largest absolute Gasteiger partial charge is 0.310 e. The first-order valence-corrected chi connectivity index (χ1v) is 9.78. The molecule has 2 fully saturated rings. The van der Waals surface area contributed by atoms with Crippen molar-refractivity contribution in [1.29, 1.82) is 0 Å². The van der Waals surface area contributed by atoms with E-state index < -0.39 is 10.0 Å². The van der Waals surface area contributed by atoms with Crippen LogP contribution < -0.4 is 10.0 Å². The summed E-state index contributed by atoms with van der Waals surface area (Å²) in [7, 11) is -3.44. The van der Waals surface area contributed by atoms with Crippen LogP contribution in [-0.4, -0.2) is 20.5 Å². The molecule has 2 saturated carbocycles. The van der Waals surface area contributed by atoms with Gasteiger partial charge in [-0.15, -0.1) is 0 Å². The van der Waals surface area contributed by atoms with E-state index in [0.29, 0.717) is 15.4 Å². The lowest BCUT2D eigenvalue weighted by Crippen LogP contribution is -2.39. The lowest BCUT2D eigenvalue weighted by molar-refractivity contribution is 0.383. The molecule has 2 aliphatic carbocycles. The highest BCUT2D eigenvalue weighted by Gasteiger charge is 2.27. The molecule has 4 nitrogen and oxygen atoms in total. The second kappa shape index (κ2) is 5.99. The monoisotopic (exact) mass is 372 g/mol. The quantitative estimate of drug-likeness (QED) is 0.806. The number of hydrogen-bond acceptors (Lipinski definition) is 3. The molecule has 0 bridgehead atoms. The average molecular weight is 373 g/mol. The molecular weight excluding hydrogens is 352 g/mol. The van der Waals surface area contributed by atoms with Crippen molar-refractivity contribution in [3.05, 3.63) is 27.7 Å². The lowest BCUT2D eigenvalue weighted by atomic mass is 9.94. The van der Waals surface area contributed by atoms with Gasteiger partial charge in [-0.2, -0.15) is 0 Å². The van der Waals surface area contributed by atoms with Gasteiger partial charge in [-0.25, -0.2) is 13.1 Å². The van der Waals surface area contributed by atoms with Crippen LogP contribution in [0.5, 0.6) is 0 Å². The van der Waals surface area contributed by atoms with Crippen molar-refractivity contribution in [2.45, 2.75) is 62.6 Å². The average Bonchev–Trinajstić information content (AvgIpc) is 3.19. The van der Waals surface area contributed by atoms with E-state index in [2.05, 4.69) is 26.0 Å². The van der Waals surface area contributed by atoms with E-state index in [1.165, 1.54) is 12.8 Å². The Morgan fingerprint density at radius 1 is 1.19 bits per heavy atom. The summed E-state index contributed by atoms with van der Waals surface area (Å²) >= 11 is 3.43. The minimum atomic E-state index is -3.44. The molecular formula is C15H21BrN2O2S. The van der Waals surface area contributed by atoms with Crippen LogP contribution in [-0.2, 0) is 16.6 Å². The van der Waals surface area contributed by atoms with Gasteiger partial charge in [0.15, 0.2) is 0 Å². The molecule has 0 heterocycles. The van der Waals surface area contributed by atoms with Crippen LogP contribution in [0.25, 0.3) is 0 Å². The zero-order valence-electron chi connectivity index (χ0n) is 12.2. The van der Waals surface area contributed by atoms with Gasteiger partial charge in [0.1, 0.15) is 0 Å². The first kappa shape index (κ1) is 15.5. The maximum Gasteiger partial charge on any atom is 0.241 e. The summed E-state index contributed by atoms with van der Waals surface area (Å²) in [5, 5.41) is 3.43. The Morgan fingerprint density at radius 2 is 1.90 bits per heavy atom. The summed E-state index contributed by atoms with van der Waals surface area (Å²) in [5.41, 5.74) is 1.98. The third-order valence-corrected chi connectivity index (χ3v) is 7.03. The number of sulfonamides is 1. The predicted molar refractivity (Wildman–Crippen MR) is 86.7 cm³/mol. The zero-order chi connectivity index (χ0) is 15.0. The van der Waals surface area contributed by atoms with Crippen LogP contribution in [0.1, 0.15) is 43.2 Å². The van der Waals surface area contributed by atoms with Gasteiger partial charge < -0.3 is 5.32 Å². The topological polar surface area (TPSA) is 58.2 Å². The highest BCUT2D eigenvalue weighted by atomic mass is 79.9. The van der Waals surface area contributed by atoms with Crippen molar-refractivity contribution in [2.75, 3.05) is 0 Å². The summed E-state index contributed by atoms with van der Waals surface area (Å²) in [6.07, 6.45) is 5.45. The SMILES string of the molecule is Cc1cc(CNC2CC2)cc(S(=O)(=O)NC2CCC2)c1Br. The van der Waals surface area contributed by atoms with E-state index >= 15 is 0 Å². The van der Waals surface area contributed by atoms with Gasteiger partial charge in [0.2, 0.25) is 10.0 Å². The Hall–Kier alpha value is -0.430. The summed E-state index contributed by atoms with van der Waals surface area (Å²) in [6.45, 7) is 2.66. The minimum Gasteiger partial charge on any atom is -0.310 e. The molecule has 0 amide bonds. The van der Waals surface area contributed by atoms with Crippen molar-refractivity contribution in [3.8, 4) is 0 Å². The van der Waals surface area contributed by atoms with Crippen LogP contribution >= 0.6 is 15.9 Å². The fourth-order valence-electron chi connectivity index (χ4n) is 2.47. The molecule has 0 aliphatic heterocycles. The molecule has 3 rings (SSSR count). The molecule has 1 aromatic rings. The maximum absolute atomic E-state index is 12.5. The van der Waals surface area contributed by atoms with Gasteiger partial charge in [-0.1, -0.05) is 12.5 Å². The molecule has 0 saturated heterocycles. The standard InChI is InChI=1S/C15H21BrN2O2S/c1-10-7-11(9-17-12-5-6-12)8-14(15(10)16)21(19,20)18-13-3-2-4-13/h7-8,12-13,17-18H,2-6,9H2,1H3. The van der Waals surface area contributed by atoms with E-state index in [-0.39, 0.29) is 6.04 Å². The summed E-state index contributed by atoms with van der Waals surface area (Å²) in [6, 6.07) is 4.55. The maximum atomic E-state index is 12.5. The number of aryl methyl sites for hydroxylation is 1. The predicted octanol–water partition coefficient (Wildman–Crippen LogP) is 2.84. The number of halogens is 1. The summed E-state index contributed by atoms with van der Waals surface area (Å²) in [5.74, 6) is 0. The molecule has 0 spiro atoms. The van der Waals surface area contributed by atoms with Gasteiger partial charge >= 0.3 is 0 Å². The first-order valence-electron chi connectivity index (χ1n) is 7.50. The van der Waals surface area contributed by atoms with E-state index in [0.717, 1.165) is 36.9 Å². The Morgan fingerprint density at radius 3 is 2.48 bits per heavy atom. The lowest BCUT2D eigenvalue weighted by Gasteiger charge is -2.26. The van der Waals surface area contributed by atoms with E-state index in [9.17, 15) is 8.42 Å². The van der Waals surface area contributed by atoms with Gasteiger partial charge in [-0.05, 0) is 65.7 Å². The van der Waals surface area contributed by atoms with Gasteiger partial charge in [0.25, 0.3) is 0 Å². The number of hydrogen-bond donors (Lipinski definition) is 2. The molecule has 0 unspecified atom stereocenters. The van der Waals surface area contributed by atoms with E-state index in [1.807, 2.05) is 13.0 Å². The Balaban J connectivity index is 1.84. The van der Waals surface area contributed by atoms with Crippen molar-refractivity contribution in [2.24, 2.45) is 0 Å². The van der Waals surface area contributed by atoms with Crippen molar-refractivity contribution in [1.82, 2.24) is 10.0 Å². The van der Waals surface area contributed by atoms with Crippen molar-refractivity contribution in [3.63, 3.8) is 0 Å². The second-order valence-corrected chi connectivity index (χ2v) is 8.60. The zero-order valence-corrected chi connectivity index (χ0v) is 14.6. The molecule has 0 radical (unpaired) electrons.